The van der Waals surface area contributed by atoms with Crippen LogP contribution in [0.2, 0.25) is 5.02 Å². The van der Waals surface area contributed by atoms with E-state index in [1.165, 1.54) is 30.6 Å². The molecule has 1 aromatic carbocycles. The predicted molar refractivity (Wildman–Crippen MR) is 70.3 cm³/mol. The van der Waals surface area contributed by atoms with Crippen molar-refractivity contribution >= 4 is 23.4 Å². The third kappa shape index (κ3) is 2.39. The second-order valence-corrected chi connectivity index (χ2v) is 6.61. The van der Waals surface area contributed by atoms with Crippen molar-refractivity contribution in [1.82, 2.24) is 5.32 Å². The Morgan fingerprint density at radius 2 is 1.69 bits per heavy atom. The van der Waals surface area contributed by atoms with E-state index in [-0.39, 0.29) is 0 Å². The Morgan fingerprint density at radius 1 is 1.06 bits per heavy atom. The molecule has 2 heterocycles. The number of thioether (sulfide) groups is 1. The molecule has 2 unspecified atom stereocenters. The van der Waals surface area contributed by atoms with Crippen LogP contribution >= 0.6 is 23.4 Å². The van der Waals surface area contributed by atoms with Crippen LogP contribution in [0.15, 0.2) is 29.2 Å². The average Bonchev–Trinajstić information content (AvgIpc) is 2.62. The van der Waals surface area contributed by atoms with Crippen molar-refractivity contribution in [2.75, 3.05) is 0 Å². The van der Waals surface area contributed by atoms with Gasteiger partial charge in [-0.25, -0.2) is 0 Å². The topological polar surface area (TPSA) is 12.0 Å². The van der Waals surface area contributed by atoms with Crippen molar-refractivity contribution in [1.29, 1.82) is 0 Å². The van der Waals surface area contributed by atoms with Crippen LogP contribution in [0, 0.1) is 0 Å². The zero-order chi connectivity index (χ0) is 11.0. The number of piperidine rings is 1. The van der Waals surface area contributed by atoms with Gasteiger partial charge in [-0.05, 0) is 49.9 Å². The van der Waals surface area contributed by atoms with E-state index >= 15 is 0 Å². The van der Waals surface area contributed by atoms with Crippen molar-refractivity contribution in [3.8, 4) is 0 Å². The Kier molecular flexibility index (Phi) is 3.14. The summed E-state index contributed by atoms with van der Waals surface area (Å²) in [5.41, 5.74) is 0. The Morgan fingerprint density at radius 3 is 2.31 bits per heavy atom. The van der Waals surface area contributed by atoms with Crippen LogP contribution in [0.25, 0.3) is 0 Å². The van der Waals surface area contributed by atoms with Crippen molar-refractivity contribution in [2.24, 2.45) is 0 Å². The summed E-state index contributed by atoms with van der Waals surface area (Å²) in [6.45, 7) is 0. The summed E-state index contributed by atoms with van der Waals surface area (Å²) in [4.78, 5) is 1.36. The summed E-state index contributed by atoms with van der Waals surface area (Å²) in [5.74, 6) is 0. The molecular formula is C13H16ClNS. The minimum Gasteiger partial charge on any atom is -0.311 e. The molecule has 86 valence electrons. The van der Waals surface area contributed by atoms with Gasteiger partial charge < -0.3 is 5.32 Å². The fourth-order valence-electron chi connectivity index (χ4n) is 2.81. The van der Waals surface area contributed by atoms with Gasteiger partial charge in [-0.2, -0.15) is 0 Å². The number of nitrogens with one attached hydrogen (secondary N) is 1. The first kappa shape index (κ1) is 10.9. The highest BCUT2D eigenvalue weighted by atomic mass is 35.5. The Balaban J connectivity index is 1.64. The van der Waals surface area contributed by atoms with Gasteiger partial charge in [-0.3, -0.25) is 0 Å². The summed E-state index contributed by atoms with van der Waals surface area (Å²) < 4.78 is 0. The average molecular weight is 254 g/mol. The van der Waals surface area contributed by atoms with Crippen LogP contribution in [-0.4, -0.2) is 17.3 Å². The lowest BCUT2D eigenvalue weighted by atomic mass is 10.1. The molecule has 0 saturated carbocycles. The molecule has 1 nitrogen and oxygen atoms in total. The zero-order valence-electron chi connectivity index (χ0n) is 9.16. The third-order valence-corrected chi connectivity index (χ3v) is 5.06. The fraction of sp³-hybridized carbons (Fsp3) is 0.538. The summed E-state index contributed by atoms with van der Waals surface area (Å²) >= 11 is 7.91. The molecule has 2 bridgehead atoms. The standard InChI is InChI=1S/C13H16ClNS/c14-9-1-5-12(6-2-9)16-13-7-10-3-4-11(8-13)15-10/h1-2,5-6,10-11,13,15H,3-4,7-8H2. The van der Waals surface area contributed by atoms with Crippen LogP contribution < -0.4 is 5.32 Å². The molecule has 0 spiro atoms. The summed E-state index contributed by atoms with van der Waals surface area (Å²) in [6.07, 6.45) is 5.40. The van der Waals surface area contributed by atoms with Gasteiger partial charge in [0.2, 0.25) is 0 Å². The SMILES string of the molecule is Clc1ccc(SC2CC3CCC(C2)N3)cc1. The van der Waals surface area contributed by atoms with E-state index in [1.54, 1.807) is 0 Å². The van der Waals surface area contributed by atoms with Gasteiger partial charge in [0.15, 0.2) is 0 Å². The molecule has 0 radical (unpaired) electrons. The second kappa shape index (κ2) is 4.59. The third-order valence-electron chi connectivity index (χ3n) is 3.55. The van der Waals surface area contributed by atoms with Crippen LogP contribution in [-0.2, 0) is 0 Å². The summed E-state index contributed by atoms with van der Waals surface area (Å²) in [5, 5.41) is 5.30. The Hall–Kier alpha value is -0.180. The van der Waals surface area contributed by atoms with Gasteiger partial charge in [0, 0.05) is 27.3 Å². The Bertz CT molecular complexity index is 353. The molecule has 3 rings (SSSR count). The van der Waals surface area contributed by atoms with Crippen molar-refractivity contribution < 1.29 is 0 Å². The molecule has 0 aromatic heterocycles. The maximum Gasteiger partial charge on any atom is 0.0406 e. The van der Waals surface area contributed by atoms with E-state index in [4.69, 9.17) is 11.6 Å². The lowest BCUT2D eigenvalue weighted by Crippen LogP contribution is -2.39. The highest BCUT2D eigenvalue weighted by Gasteiger charge is 2.33. The summed E-state index contributed by atoms with van der Waals surface area (Å²) in [6, 6.07) is 9.81. The normalized spacial score (nSPS) is 32.9. The van der Waals surface area contributed by atoms with Crippen LogP contribution in [0.4, 0.5) is 0 Å². The highest BCUT2D eigenvalue weighted by molar-refractivity contribution is 8.00. The number of hydrogen-bond donors (Lipinski definition) is 1. The van der Waals surface area contributed by atoms with Gasteiger partial charge in [-0.15, -0.1) is 11.8 Å². The number of hydrogen-bond acceptors (Lipinski definition) is 2. The number of benzene rings is 1. The number of rotatable bonds is 2. The lowest BCUT2D eigenvalue weighted by Gasteiger charge is -2.28. The van der Waals surface area contributed by atoms with E-state index in [9.17, 15) is 0 Å². The van der Waals surface area contributed by atoms with Gasteiger partial charge in [0.05, 0.1) is 0 Å². The van der Waals surface area contributed by atoms with Crippen LogP contribution in [0.5, 0.6) is 0 Å². The molecule has 2 aliphatic rings. The van der Waals surface area contributed by atoms with Gasteiger partial charge in [0.1, 0.15) is 0 Å². The monoisotopic (exact) mass is 253 g/mol. The van der Waals surface area contributed by atoms with Gasteiger partial charge >= 0.3 is 0 Å². The first-order chi connectivity index (χ1) is 7.79. The van der Waals surface area contributed by atoms with Crippen molar-refractivity contribution in [3.63, 3.8) is 0 Å². The van der Waals surface area contributed by atoms with Crippen molar-refractivity contribution in [2.45, 2.75) is 47.9 Å². The van der Waals surface area contributed by atoms with Crippen molar-refractivity contribution in [3.05, 3.63) is 29.3 Å². The molecule has 2 saturated heterocycles. The first-order valence-electron chi connectivity index (χ1n) is 5.98. The van der Waals surface area contributed by atoms with Gasteiger partial charge in [0.25, 0.3) is 0 Å². The van der Waals surface area contributed by atoms with E-state index in [0.29, 0.717) is 0 Å². The van der Waals surface area contributed by atoms with E-state index < -0.39 is 0 Å². The highest BCUT2D eigenvalue weighted by Crippen LogP contribution is 2.37. The molecule has 3 heteroatoms. The van der Waals surface area contributed by atoms with E-state index in [1.807, 2.05) is 23.9 Å². The molecule has 0 amide bonds. The fourth-order valence-corrected chi connectivity index (χ4v) is 4.27. The summed E-state index contributed by atoms with van der Waals surface area (Å²) in [7, 11) is 0. The van der Waals surface area contributed by atoms with E-state index in [2.05, 4.69) is 17.4 Å². The number of halogens is 1. The predicted octanol–water partition coefficient (Wildman–Crippen LogP) is 3.72. The Labute approximate surface area is 106 Å². The smallest absolute Gasteiger partial charge is 0.0406 e. The molecule has 16 heavy (non-hydrogen) atoms. The zero-order valence-corrected chi connectivity index (χ0v) is 10.7. The molecule has 2 atom stereocenters. The largest absolute Gasteiger partial charge is 0.311 e. The van der Waals surface area contributed by atoms with Crippen LogP contribution in [0.1, 0.15) is 25.7 Å². The lowest BCUT2D eigenvalue weighted by molar-refractivity contribution is 0.415. The van der Waals surface area contributed by atoms with Crippen LogP contribution in [0.3, 0.4) is 0 Å². The first-order valence-corrected chi connectivity index (χ1v) is 7.23. The second-order valence-electron chi connectivity index (χ2n) is 4.80. The number of fused-ring (bicyclic) bond motifs is 2. The minimum atomic E-state index is 0.781. The maximum atomic E-state index is 5.89. The molecule has 0 aliphatic carbocycles. The van der Waals surface area contributed by atoms with E-state index in [0.717, 1.165) is 22.4 Å². The molecule has 2 fully saturated rings. The minimum absolute atomic E-state index is 0.781. The molecule has 1 aromatic rings. The molecule has 1 N–H and O–H groups in total. The maximum absolute atomic E-state index is 5.89. The molecule has 2 aliphatic heterocycles. The molecular weight excluding hydrogens is 238 g/mol. The quantitative estimate of drug-likeness (QED) is 0.862. The van der Waals surface area contributed by atoms with Gasteiger partial charge in [-0.1, -0.05) is 11.6 Å².